The van der Waals surface area contributed by atoms with Crippen LogP contribution in [0.1, 0.15) is 38.2 Å². The van der Waals surface area contributed by atoms with E-state index in [0.29, 0.717) is 0 Å². The molecule has 0 radical (unpaired) electrons. The minimum absolute atomic E-state index is 0.145. The molecule has 0 saturated carbocycles. The van der Waals surface area contributed by atoms with Gasteiger partial charge in [-0.25, -0.2) is 0 Å². The van der Waals surface area contributed by atoms with Crippen LogP contribution in [0.2, 0.25) is 0 Å². The fourth-order valence-electron chi connectivity index (χ4n) is 2.87. The van der Waals surface area contributed by atoms with Gasteiger partial charge in [0.15, 0.2) is 0 Å². The van der Waals surface area contributed by atoms with E-state index in [9.17, 15) is 4.79 Å². The summed E-state index contributed by atoms with van der Waals surface area (Å²) in [5.74, 6) is -0.336. The summed E-state index contributed by atoms with van der Waals surface area (Å²) in [4.78, 5) is 14.5. The van der Waals surface area contributed by atoms with E-state index in [2.05, 4.69) is 18.7 Å². The van der Waals surface area contributed by atoms with Gasteiger partial charge in [-0.05, 0) is 38.8 Å². The molecule has 0 bridgehead atoms. The summed E-state index contributed by atoms with van der Waals surface area (Å²) in [5.41, 5.74) is 1.22. The van der Waals surface area contributed by atoms with Crippen molar-refractivity contribution in [1.82, 2.24) is 4.90 Å². The molecule has 3 nitrogen and oxygen atoms in total. The van der Waals surface area contributed by atoms with Gasteiger partial charge in [-0.3, -0.25) is 9.69 Å². The van der Waals surface area contributed by atoms with Gasteiger partial charge in [0, 0.05) is 12.1 Å². The third kappa shape index (κ3) is 3.16. The molecule has 3 heteroatoms. The first-order valence-electron chi connectivity index (χ1n) is 6.92. The zero-order valence-corrected chi connectivity index (χ0v) is 12.1. The molecule has 1 fully saturated rings. The van der Waals surface area contributed by atoms with Gasteiger partial charge in [-0.15, -0.1) is 0 Å². The Morgan fingerprint density at radius 2 is 2.05 bits per heavy atom. The van der Waals surface area contributed by atoms with Crippen LogP contribution in [0, 0.1) is 0 Å². The van der Waals surface area contributed by atoms with Crippen molar-refractivity contribution >= 4 is 5.97 Å². The first-order valence-corrected chi connectivity index (χ1v) is 6.92. The van der Waals surface area contributed by atoms with Crippen molar-refractivity contribution in [3.05, 3.63) is 35.9 Å². The van der Waals surface area contributed by atoms with Gasteiger partial charge in [-0.2, -0.15) is 0 Å². The smallest absolute Gasteiger partial charge is 0.314 e. The second kappa shape index (κ2) is 5.74. The Morgan fingerprint density at radius 3 is 2.58 bits per heavy atom. The number of ether oxygens (including phenoxy) is 1. The Morgan fingerprint density at radius 1 is 1.37 bits per heavy atom. The fourth-order valence-corrected chi connectivity index (χ4v) is 2.87. The van der Waals surface area contributed by atoms with Crippen LogP contribution in [0.5, 0.6) is 0 Å². The molecule has 1 atom stereocenters. The first-order chi connectivity index (χ1) is 9.04. The lowest BCUT2D eigenvalue weighted by Gasteiger charge is -2.33. The van der Waals surface area contributed by atoms with E-state index < -0.39 is 0 Å². The van der Waals surface area contributed by atoms with Crippen molar-refractivity contribution in [3.8, 4) is 0 Å². The summed E-state index contributed by atoms with van der Waals surface area (Å²) in [5, 5.41) is 0. The molecule has 0 spiro atoms. The molecular weight excluding hydrogens is 238 g/mol. The van der Waals surface area contributed by atoms with Crippen molar-refractivity contribution in [1.29, 1.82) is 0 Å². The van der Waals surface area contributed by atoms with E-state index in [1.54, 1.807) is 0 Å². The van der Waals surface area contributed by atoms with E-state index in [1.165, 1.54) is 20.0 Å². The van der Waals surface area contributed by atoms with Crippen LogP contribution >= 0.6 is 0 Å². The minimum atomic E-state index is -0.191. The molecule has 1 aliphatic rings. The molecule has 2 rings (SSSR count). The average Bonchev–Trinajstić information content (AvgIpc) is 2.75. The summed E-state index contributed by atoms with van der Waals surface area (Å²) in [6.45, 7) is 6.30. The monoisotopic (exact) mass is 261 g/mol. The number of carbonyl (C=O) groups excluding carboxylic acids is 1. The van der Waals surface area contributed by atoms with E-state index in [0.717, 1.165) is 18.7 Å². The van der Waals surface area contributed by atoms with E-state index in [-0.39, 0.29) is 17.4 Å². The minimum Gasteiger partial charge on any atom is -0.469 e. The Hall–Kier alpha value is -1.35. The van der Waals surface area contributed by atoms with Crippen molar-refractivity contribution in [3.63, 3.8) is 0 Å². The van der Waals surface area contributed by atoms with Crippen LogP contribution in [0.15, 0.2) is 30.3 Å². The molecule has 19 heavy (non-hydrogen) atoms. The number of nitrogens with zero attached hydrogens (tertiary/aromatic N) is 1. The molecule has 1 heterocycles. The summed E-state index contributed by atoms with van der Waals surface area (Å²) >= 11 is 0. The highest BCUT2D eigenvalue weighted by molar-refractivity contribution is 5.78. The lowest BCUT2D eigenvalue weighted by Crippen LogP contribution is -2.42. The second-order valence-corrected chi connectivity index (χ2v) is 5.85. The zero-order valence-electron chi connectivity index (χ0n) is 12.1. The number of hydrogen-bond acceptors (Lipinski definition) is 3. The van der Waals surface area contributed by atoms with Crippen molar-refractivity contribution in [2.75, 3.05) is 20.2 Å². The predicted octanol–water partition coefficient (Wildman–Crippen LogP) is 2.82. The van der Waals surface area contributed by atoms with Gasteiger partial charge in [-0.1, -0.05) is 30.3 Å². The number of benzene rings is 1. The number of likely N-dealkylation sites (tertiary alicyclic amines) is 1. The van der Waals surface area contributed by atoms with Crippen LogP contribution in [0.25, 0.3) is 0 Å². The van der Waals surface area contributed by atoms with Gasteiger partial charge >= 0.3 is 5.97 Å². The summed E-state index contributed by atoms with van der Waals surface area (Å²) < 4.78 is 4.98. The van der Waals surface area contributed by atoms with Crippen LogP contribution in [-0.4, -0.2) is 36.6 Å². The van der Waals surface area contributed by atoms with Gasteiger partial charge in [0.25, 0.3) is 0 Å². The molecule has 0 N–H and O–H groups in total. The molecule has 1 unspecified atom stereocenters. The topological polar surface area (TPSA) is 29.5 Å². The third-order valence-electron chi connectivity index (χ3n) is 4.16. The molecular formula is C16H23NO2. The Balaban J connectivity index is 2.18. The maximum atomic E-state index is 12.1. The molecule has 0 aromatic heterocycles. The van der Waals surface area contributed by atoms with E-state index in [4.69, 9.17) is 4.74 Å². The highest BCUT2D eigenvalue weighted by atomic mass is 16.5. The Kier molecular flexibility index (Phi) is 4.25. The van der Waals surface area contributed by atoms with Crippen LogP contribution in [0.3, 0.4) is 0 Å². The molecule has 1 aliphatic heterocycles. The standard InChI is InChI=1S/C16H23NO2/c1-16(2)10-7-11-17(16)12-14(15(18)19-3)13-8-5-4-6-9-13/h4-6,8-9,14H,7,10-12H2,1-3H3. The molecule has 104 valence electrons. The van der Waals surface area contributed by atoms with Crippen molar-refractivity contribution in [2.24, 2.45) is 0 Å². The number of carbonyl (C=O) groups is 1. The molecule has 1 aromatic rings. The second-order valence-electron chi connectivity index (χ2n) is 5.85. The van der Waals surface area contributed by atoms with Crippen LogP contribution in [0.4, 0.5) is 0 Å². The number of methoxy groups -OCH3 is 1. The largest absolute Gasteiger partial charge is 0.469 e. The normalized spacial score (nSPS) is 20.2. The maximum absolute atomic E-state index is 12.1. The molecule has 0 aliphatic carbocycles. The van der Waals surface area contributed by atoms with Crippen molar-refractivity contribution < 1.29 is 9.53 Å². The summed E-state index contributed by atoms with van der Waals surface area (Å²) in [6, 6.07) is 9.92. The SMILES string of the molecule is COC(=O)C(CN1CCCC1(C)C)c1ccccc1. The molecule has 1 saturated heterocycles. The van der Waals surface area contributed by atoms with Crippen LogP contribution < -0.4 is 0 Å². The van der Waals surface area contributed by atoms with Gasteiger partial charge in [0.2, 0.25) is 0 Å². The van der Waals surface area contributed by atoms with Crippen LogP contribution in [-0.2, 0) is 9.53 Å². The summed E-state index contributed by atoms with van der Waals surface area (Å²) in [6.07, 6.45) is 2.39. The van der Waals surface area contributed by atoms with E-state index in [1.807, 2.05) is 30.3 Å². The predicted molar refractivity (Wildman–Crippen MR) is 76.1 cm³/mol. The fraction of sp³-hybridized carbons (Fsp3) is 0.562. The van der Waals surface area contributed by atoms with Gasteiger partial charge in [0.05, 0.1) is 13.0 Å². The number of hydrogen-bond donors (Lipinski definition) is 0. The number of esters is 1. The highest BCUT2D eigenvalue weighted by Gasteiger charge is 2.35. The Labute approximate surface area is 115 Å². The number of rotatable bonds is 4. The highest BCUT2D eigenvalue weighted by Crippen LogP contribution is 2.31. The first kappa shape index (κ1) is 14.1. The maximum Gasteiger partial charge on any atom is 0.314 e. The lowest BCUT2D eigenvalue weighted by molar-refractivity contribution is -0.143. The van der Waals surface area contributed by atoms with Gasteiger partial charge < -0.3 is 4.74 Å². The third-order valence-corrected chi connectivity index (χ3v) is 4.16. The molecule has 1 aromatic carbocycles. The van der Waals surface area contributed by atoms with E-state index >= 15 is 0 Å². The Bertz CT molecular complexity index is 428. The zero-order chi connectivity index (χ0) is 13.9. The average molecular weight is 261 g/mol. The summed E-state index contributed by atoms with van der Waals surface area (Å²) in [7, 11) is 1.47. The van der Waals surface area contributed by atoms with Crippen molar-refractivity contribution in [2.45, 2.75) is 38.1 Å². The van der Waals surface area contributed by atoms with Gasteiger partial charge in [0.1, 0.15) is 0 Å². The molecule has 0 amide bonds. The lowest BCUT2D eigenvalue weighted by atomic mass is 9.96. The quantitative estimate of drug-likeness (QED) is 0.781.